The van der Waals surface area contributed by atoms with E-state index in [9.17, 15) is 9.59 Å². The fourth-order valence-electron chi connectivity index (χ4n) is 1.59. The molecule has 0 saturated heterocycles. The first-order chi connectivity index (χ1) is 9.74. The fourth-order valence-corrected chi connectivity index (χ4v) is 2.45. The van der Waals surface area contributed by atoms with Gasteiger partial charge in [-0.3, -0.25) is 4.79 Å². The summed E-state index contributed by atoms with van der Waals surface area (Å²) in [6.45, 7) is 7.42. The number of esters is 2. The third-order valence-electron chi connectivity index (χ3n) is 2.30. The van der Waals surface area contributed by atoms with Gasteiger partial charge < -0.3 is 15.2 Å². The van der Waals surface area contributed by atoms with Gasteiger partial charge in [-0.1, -0.05) is 6.07 Å². The number of benzene rings is 1. The Hall–Kier alpha value is -1.69. The second-order valence-electron chi connectivity index (χ2n) is 5.32. The summed E-state index contributed by atoms with van der Waals surface area (Å²) in [4.78, 5) is 24.2. The van der Waals surface area contributed by atoms with Crippen LogP contribution in [0.5, 0.6) is 0 Å². The van der Waals surface area contributed by atoms with Gasteiger partial charge in [0.15, 0.2) is 0 Å². The molecule has 0 aliphatic heterocycles. The molecular formula is C15H21NO4S. The largest absolute Gasteiger partial charge is 0.462 e. The first kappa shape index (κ1) is 17.4. The van der Waals surface area contributed by atoms with Gasteiger partial charge in [0.1, 0.15) is 5.60 Å². The van der Waals surface area contributed by atoms with Crippen molar-refractivity contribution >= 4 is 29.4 Å². The molecule has 0 bridgehead atoms. The van der Waals surface area contributed by atoms with Crippen molar-refractivity contribution in [2.24, 2.45) is 0 Å². The number of carbonyl (C=O) groups excluding carboxylic acids is 2. The zero-order valence-electron chi connectivity index (χ0n) is 12.8. The van der Waals surface area contributed by atoms with Crippen molar-refractivity contribution in [3.8, 4) is 0 Å². The number of nitrogens with two attached hydrogens (primary N) is 1. The molecule has 0 aliphatic carbocycles. The Kier molecular flexibility index (Phi) is 6.08. The lowest BCUT2D eigenvalue weighted by molar-refractivity contribution is -0.151. The topological polar surface area (TPSA) is 78.6 Å². The lowest BCUT2D eigenvalue weighted by Crippen LogP contribution is -2.25. The standard InChI is InChI=1S/C15H21NO4S/c1-5-19-14(18)10-7-6-8-11(16)13(10)21-9-12(17)20-15(2,3)4/h6-8H,5,9,16H2,1-4H3. The van der Waals surface area contributed by atoms with E-state index in [0.29, 0.717) is 16.1 Å². The number of ether oxygens (including phenoxy) is 2. The van der Waals surface area contributed by atoms with Crippen molar-refractivity contribution in [1.29, 1.82) is 0 Å². The van der Waals surface area contributed by atoms with E-state index in [1.165, 1.54) is 11.8 Å². The van der Waals surface area contributed by atoms with Crippen LogP contribution < -0.4 is 5.73 Å². The second-order valence-corrected chi connectivity index (χ2v) is 6.31. The first-order valence-corrected chi connectivity index (χ1v) is 7.63. The summed E-state index contributed by atoms with van der Waals surface area (Å²) in [5, 5.41) is 0. The maximum atomic E-state index is 11.9. The predicted octanol–water partition coefficient (Wildman–Crippen LogP) is 2.88. The van der Waals surface area contributed by atoms with E-state index < -0.39 is 11.6 Å². The summed E-state index contributed by atoms with van der Waals surface area (Å²) in [5.74, 6) is -0.722. The highest BCUT2D eigenvalue weighted by molar-refractivity contribution is 8.00. The quantitative estimate of drug-likeness (QED) is 0.512. The molecule has 116 valence electrons. The van der Waals surface area contributed by atoms with Crippen LogP contribution >= 0.6 is 11.8 Å². The Morgan fingerprint density at radius 1 is 1.29 bits per heavy atom. The molecule has 0 amide bonds. The van der Waals surface area contributed by atoms with Gasteiger partial charge in [0, 0.05) is 10.6 Å². The zero-order chi connectivity index (χ0) is 16.0. The van der Waals surface area contributed by atoms with Gasteiger partial charge in [0.25, 0.3) is 0 Å². The summed E-state index contributed by atoms with van der Waals surface area (Å²) in [6.07, 6.45) is 0. The minimum atomic E-state index is -0.538. The highest BCUT2D eigenvalue weighted by Crippen LogP contribution is 2.30. The SMILES string of the molecule is CCOC(=O)c1cccc(N)c1SCC(=O)OC(C)(C)C. The van der Waals surface area contributed by atoms with E-state index in [4.69, 9.17) is 15.2 Å². The average Bonchev–Trinajstić information content (AvgIpc) is 2.35. The maximum absolute atomic E-state index is 11.9. The molecule has 6 heteroatoms. The van der Waals surface area contributed by atoms with Crippen LogP contribution in [0.4, 0.5) is 5.69 Å². The first-order valence-electron chi connectivity index (χ1n) is 6.65. The molecule has 0 aliphatic rings. The number of carbonyl (C=O) groups is 2. The second kappa shape index (κ2) is 7.36. The van der Waals surface area contributed by atoms with Crippen LogP contribution in [-0.2, 0) is 14.3 Å². The van der Waals surface area contributed by atoms with E-state index in [-0.39, 0.29) is 18.3 Å². The minimum absolute atomic E-state index is 0.0812. The maximum Gasteiger partial charge on any atom is 0.339 e. The Bertz CT molecular complexity index is 523. The van der Waals surface area contributed by atoms with Crippen LogP contribution in [-0.4, -0.2) is 29.9 Å². The van der Waals surface area contributed by atoms with Crippen molar-refractivity contribution in [3.05, 3.63) is 23.8 Å². The highest BCUT2D eigenvalue weighted by Gasteiger charge is 2.19. The lowest BCUT2D eigenvalue weighted by Gasteiger charge is -2.19. The third kappa shape index (κ3) is 5.67. The number of hydrogen-bond acceptors (Lipinski definition) is 6. The molecule has 21 heavy (non-hydrogen) atoms. The molecule has 5 nitrogen and oxygen atoms in total. The van der Waals surface area contributed by atoms with Gasteiger partial charge in [-0.2, -0.15) is 0 Å². The van der Waals surface area contributed by atoms with E-state index >= 15 is 0 Å². The van der Waals surface area contributed by atoms with E-state index in [1.54, 1.807) is 45.9 Å². The number of thioether (sulfide) groups is 1. The lowest BCUT2D eigenvalue weighted by atomic mass is 10.2. The molecule has 1 aromatic rings. The van der Waals surface area contributed by atoms with Gasteiger partial charge in [-0.25, -0.2) is 4.79 Å². The van der Waals surface area contributed by atoms with Crippen LogP contribution in [0.3, 0.4) is 0 Å². The van der Waals surface area contributed by atoms with Gasteiger partial charge in [-0.15, -0.1) is 11.8 Å². The molecule has 0 saturated carbocycles. The summed E-state index contributed by atoms with van der Waals surface area (Å²) in [6, 6.07) is 4.99. The molecule has 1 rings (SSSR count). The smallest absolute Gasteiger partial charge is 0.339 e. The molecule has 1 aromatic carbocycles. The molecule has 0 aromatic heterocycles. The fraction of sp³-hybridized carbons (Fsp3) is 0.467. The van der Waals surface area contributed by atoms with Crippen LogP contribution in [0.1, 0.15) is 38.1 Å². The van der Waals surface area contributed by atoms with Crippen molar-refractivity contribution in [3.63, 3.8) is 0 Å². The number of rotatable bonds is 5. The third-order valence-corrected chi connectivity index (χ3v) is 3.42. The summed E-state index contributed by atoms with van der Waals surface area (Å²) >= 11 is 1.18. The molecule has 0 spiro atoms. The summed E-state index contributed by atoms with van der Waals surface area (Å²) in [7, 11) is 0. The molecule has 2 N–H and O–H groups in total. The van der Waals surface area contributed by atoms with Gasteiger partial charge in [0.05, 0.1) is 17.9 Å². The summed E-state index contributed by atoms with van der Waals surface area (Å²) < 4.78 is 10.2. The predicted molar refractivity (Wildman–Crippen MR) is 83.4 cm³/mol. The van der Waals surface area contributed by atoms with Crippen molar-refractivity contribution in [2.75, 3.05) is 18.1 Å². The van der Waals surface area contributed by atoms with E-state index in [2.05, 4.69) is 0 Å². The zero-order valence-corrected chi connectivity index (χ0v) is 13.6. The number of anilines is 1. The van der Waals surface area contributed by atoms with Crippen LogP contribution in [0.15, 0.2) is 23.1 Å². The monoisotopic (exact) mass is 311 g/mol. The highest BCUT2D eigenvalue weighted by atomic mass is 32.2. The van der Waals surface area contributed by atoms with E-state index in [1.807, 2.05) is 0 Å². The van der Waals surface area contributed by atoms with Gasteiger partial charge >= 0.3 is 11.9 Å². The Morgan fingerprint density at radius 2 is 1.95 bits per heavy atom. The van der Waals surface area contributed by atoms with Gasteiger partial charge in [0.2, 0.25) is 0 Å². The van der Waals surface area contributed by atoms with Crippen molar-refractivity contribution in [2.45, 2.75) is 38.2 Å². The van der Waals surface area contributed by atoms with Crippen molar-refractivity contribution in [1.82, 2.24) is 0 Å². The summed E-state index contributed by atoms with van der Waals surface area (Å²) in [5.41, 5.74) is 6.16. The molecule has 0 fully saturated rings. The van der Waals surface area contributed by atoms with Gasteiger partial charge in [-0.05, 0) is 39.8 Å². The number of nitrogen functional groups attached to an aromatic ring is 1. The minimum Gasteiger partial charge on any atom is -0.462 e. The van der Waals surface area contributed by atoms with Crippen LogP contribution in [0.2, 0.25) is 0 Å². The van der Waals surface area contributed by atoms with Crippen molar-refractivity contribution < 1.29 is 19.1 Å². The normalized spacial score (nSPS) is 11.0. The molecule has 0 atom stereocenters. The molecule has 0 unspecified atom stereocenters. The van der Waals surface area contributed by atoms with Crippen LogP contribution in [0, 0.1) is 0 Å². The average molecular weight is 311 g/mol. The molecule has 0 radical (unpaired) electrons. The Balaban J connectivity index is 2.83. The molecule has 0 heterocycles. The Morgan fingerprint density at radius 3 is 2.52 bits per heavy atom. The number of hydrogen-bond donors (Lipinski definition) is 1. The molecular weight excluding hydrogens is 290 g/mol. The van der Waals surface area contributed by atoms with E-state index in [0.717, 1.165) is 0 Å². The van der Waals surface area contributed by atoms with Crippen LogP contribution in [0.25, 0.3) is 0 Å². The Labute approximate surface area is 129 Å².